The summed E-state index contributed by atoms with van der Waals surface area (Å²) in [5, 5.41) is 62.0. The van der Waals surface area contributed by atoms with Gasteiger partial charge in [-0.15, -0.1) is 0 Å². The molecule has 13 nitrogen and oxygen atoms in total. The predicted octanol–water partition coefficient (Wildman–Crippen LogP) is 0.910. The van der Waals surface area contributed by atoms with Crippen LogP contribution in [0.2, 0.25) is 0 Å². The molecule has 2 amide bonds. The molecule has 204 valence electrons. The van der Waals surface area contributed by atoms with Crippen LogP contribution < -0.4 is 10.6 Å². The molecule has 37 heavy (non-hydrogen) atoms. The average Bonchev–Trinajstić information content (AvgIpc) is 2.88. The number of amides is 2. The lowest BCUT2D eigenvalue weighted by molar-refractivity contribution is 0.0139. The third-order valence-corrected chi connectivity index (χ3v) is 5.00. The predicted molar refractivity (Wildman–Crippen MR) is 129 cm³/mol. The van der Waals surface area contributed by atoms with Gasteiger partial charge < -0.3 is 55.5 Å². The van der Waals surface area contributed by atoms with Gasteiger partial charge in [-0.1, -0.05) is 0 Å². The van der Waals surface area contributed by atoms with Gasteiger partial charge in [0.2, 0.25) is 11.5 Å². The summed E-state index contributed by atoms with van der Waals surface area (Å²) in [5.74, 6) is -5.08. The van der Waals surface area contributed by atoms with Gasteiger partial charge in [-0.2, -0.15) is 0 Å². The van der Waals surface area contributed by atoms with E-state index in [1.807, 2.05) is 0 Å². The van der Waals surface area contributed by atoms with Gasteiger partial charge in [0, 0.05) is 26.3 Å². The fraction of sp³-hybridized carbons (Fsp3) is 0.417. The summed E-state index contributed by atoms with van der Waals surface area (Å²) in [7, 11) is 0. The number of benzene rings is 2. The average molecular weight is 525 g/mol. The highest BCUT2D eigenvalue weighted by Crippen LogP contribution is 2.37. The lowest BCUT2D eigenvalue weighted by Crippen LogP contribution is -2.25. The number of aromatic hydroxyl groups is 6. The van der Waals surface area contributed by atoms with Crippen molar-refractivity contribution in [3.63, 3.8) is 0 Å². The van der Waals surface area contributed by atoms with E-state index in [1.54, 1.807) is 0 Å². The van der Waals surface area contributed by atoms with E-state index < -0.39 is 46.3 Å². The maximum absolute atomic E-state index is 12.0. The molecule has 0 heterocycles. The first-order valence-corrected chi connectivity index (χ1v) is 11.5. The Hall–Kier alpha value is -3.94. The molecular weight excluding hydrogens is 492 g/mol. The van der Waals surface area contributed by atoms with Crippen LogP contribution in [0.1, 0.15) is 33.6 Å². The maximum atomic E-state index is 12.0. The highest BCUT2D eigenvalue weighted by Gasteiger charge is 2.17. The van der Waals surface area contributed by atoms with Crippen molar-refractivity contribution in [2.24, 2.45) is 0 Å². The van der Waals surface area contributed by atoms with Gasteiger partial charge in [0.05, 0.1) is 37.6 Å². The van der Waals surface area contributed by atoms with E-state index in [0.29, 0.717) is 52.5 Å². The van der Waals surface area contributed by atoms with Gasteiger partial charge >= 0.3 is 0 Å². The normalized spacial score (nSPS) is 10.8. The fourth-order valence-corrected chi connectivity index (χ4v) is 2.99. The SMILES string of the molecule is O=C(NCCCOCCOCCOCCCNC(=O)c1ccc(O)c(O)c1O)c1ccc(O)c(O)c1O. The number of carbonyl (C=O) groups is 2. The lowest BCUT2D eigenvalue weighted by Gasteiger charge is -2.10. The molecule has 0 radical (unpaired) electrons. The molecule has 2 aromatic rings. The number of phenols is 6. The second kappa shape index (κ2) is 15.2. The van der Waals surface area contributed by atoms with Gasteiger partial charge in [0.25, 0.3) is 11.8 Å². The lowest BCUT2D eigenvalue weighted by atomic mass is 10.1. The van der Waals surface area contributed by atoms with Crippen LogP contribution in [0.4, 0.5) is 0 Å². The number of ether oxygens (including phenoxy) is 3. The number of nitrogens with one attached hydrogen (secondary N) is 2. The van der Waals surface area contributed by atoms with Gasteiger partial charge in [-0.05, 0) is 37.1 Å². The molecule has 0 aliphatic heterocycles. The summed E-state index contributed by atoms with van der Waals surface area (Å²) in [6.07, 6.45) is 1.04. The van der Waals surface area contributed by atoms with Crippen LogP contribution >= 0.6 is 0 Å². The molecule has 0 fully saturated rings. The van der Waals surface area contributed by atoms with Crippen molar-refractivity contribution in [1.29, 1.82) is 0 Å². The monoisotopic (exact) mass is 524 g/mol. The third kappa shape index (κ3) is 9.22. The Balaban J connectivity index is 1.40. The zero-order chi connectivity index (χ0) is 27.2. The zero-order valence-electron chi connectivity index (χ0n) is 20.1. The van der Waals surface area contributed by atoms with E-state index >= 15 is 0 Å². The number of rotatable bonds is 16. The van der Waals surface area contributed by atoms with E-state index in [9.17, 15) is 40.2 Å². The first-order valence-electron chi connectivity index (χ1n) is 11.5. The third-order valence-electron chi connectivity index (χ3n) is 5.00. The van der Waals surface area contributed by atoms with Crippen LogP contribution in [0.5, 0.6) is 34.5 Å². The summed E-state index contributed by atoms with van der Waals surface area (Å²) in [6.45, 7) is 2.74. The highest BCUT2D eigenvalue weighted by molar-refractivity contribution is 5.98. The second-order valence-corrected chi connectivity index (χ2v) is 7.71. The van der Waals surface area contributed by atoms with Crippen LogP contribution in [0.25, 0.3) is 0 Å². The Kier molecular flexibility index (Phi) is 12.1. The van der Waals surface area contributed by atoms with E-state index in [0.717, 1.165) is 12.1 Å². The Morgan fingerprint density at radius 2 is 0.892 bits per heavy atom. The molecule has 0 unspecified atom stereocenters. The van der Waals surface area contributed by atoms with Crippen molar-refractivity contribution in [1.82, 2.24) is 10.6 Å². The molecule has 0 aliphatic rings. The van der Waals surface area contributed by atoms with Crippen molar-refractivity contribution >= 4 is 11.8 Å². The summed E-state index contributed by atoms with van der Waals surface area (Å²) in [4.78, 5) is 24.0. The van der Waals surface area contributed by atoms with Gasteiger partial charge in [0.15, 0.2) is 23.0 Å². The Labute approximate surface area is 212 Å². The molecule has 13 heteroatoms. The smallest absolute Gasteiger partial charge is 0.255 e. The largest absolute Gasteiger partial charge is 0.504 e. The molecule has 0 aliphatic carbocycles. The van der Waals surface area contributed by atoms with Crippen LogP contribution in [0.3, 0.4) is 0 Å². The molecule has 0 aromatic heterocycles. The number of hydrogen-bond acceptors (Lipinski definition) is 11. The van der Waals surface area contributed by atoms with E-state index in [-0.39, 0.29) is 24.2 Å². The van der Waals surface area contributed by atoms with Crippen molar-refractivity contribution in [3.8, 4) is 34.5 Å². The van der Waals surface area contributed by atoms with Gasteiger partial charge in [-0.3, -0.25) is 9.59 Å². The maximum Gasteiger partial charge on any atom is 0.255 e. The Bertz CT molecular complexity index is 964. The standard InChI is InChI=1S/C24H32N2O11/c27-17-5-3-15(19(29)21(17)31)23(33)25-7-1-9-35-11-13-37-14-12-36-10-2-8-26-24(34)16-4-6-18(28)22(32)20(16)30/h3-6,27-32H,1-2,7-14H2,(H,25,33)(H,26,34). The van der Waals surface area contributed by atoms with Crippen molar-refractivity contribution in [3.05, 3.63) is 35.4 Å². The molecule has 2 rings (SSSR count). The molecule has 0 saturated carbocycles. The number of phenolic OH excluding ortho intramolecular Hbond substituents is 6. The fourth-order valence-electron chi connectivity index (χ4n) is 2.99. The quantitative estimate of drug-likeness (QED) is 0.114. The van der Waals surface area contributed by atoms with Crippen LogP contribution in [-0.2, 0) is 14.2 Å². The molecule has 8 N–H and O–H groups in total. The molecule has 2 aromatic carbocycles. The summed E-state index contributed by atoms with van der Waals surface area (Å²) in [6, 6.07) is 4.63. The summed E-state index contributed by atoms with van der Waals surface area (Å²) < 4.78 is 16.2. The zero-order valence-corrected chi connectivity index (χ0v) is 20.1. The van der Waals surface area contributed by atoms with Crippen LogP contribution in [0.15, 0.2) is 24.3 Å². The van der Waals surface area contributed by atoms with Crippen LogP contribution in [0, 0.1) is 0 Å². The van der Waals surface area contributed by atoms with Crippen molar-refractivity contribution < 1.29 is 54.4 Å². The minimum atomic E-state index is -0.749. The van der Waals surface area contributed by atoms with E-state index in [1.165, 1.54) is 12.1 Å². The topological polar surface area (TPSA) is 207 Å². The minimum absolute atomic E-state index is 0.146. The van der Waals surface area contributed by atoms with Gasteiger partial charge in [0.1, 0.15) is 0 Å². The van der Waals surface area contributed by atoms with E-state index in [4.69, 9.17) is 14.2 Å². The second-order valence-electron chi connectivity index (χ2n) is 7.71. The summed E-state index contributed by atoms with van der Waals surface area (Å²) in [5.41, 5.74) is -0.292. The van der Waals surface area contributed by atoms with Crippen molar-refractivity contribution in [2.45, 2.75) is 12.8 Å². The minimum Gasteiger partial charge on any atom is -0.504 e. The van der Waals surface area contributed by atoms with Crippen molar-refractivity contribution in [2.75, 3.05) is 52.7 Å². The Morgan fingerprint density at radius 3 is 1.27 bits per heavy atom. The molecule has 0 bridgehead atoms. The molecule has 0 saturated heterocycles. The molecule has 0 spiro atoms. The highest BCUT2D eigenvalue weighted by atomic mass is 16.5. The first kappa shape index (κ1) is 29.3. The summed E-state index contributed by atoms with van der Waals surface area (Å²) >= 11 is 0. The first-order chi connectivity index (χ1) is 17.7. The molecule has 0 atom stereocenters. The Morgan fingerprint density at radius 1 is 0.541 bits per heavy atom. The van der Waals surface area contributed by atoms with E-state index in [2.05, 4.69) is 10.6 Å². The molecular formula is C24H32N2O11. The van der Waals surface area contributed by atoms with Crippen LogP contribution in [-0.4, -0.2) is 95.2 Å². The number of carbonyl (C=O) groups excluding carboxylic acids is 2. The van der Waals surface area contributed by atoms with Gasteiger partial charge in [-0.25, -0.2) is 0 Å². The number of hydrogen-bond donors (Lipinski definition) is 8.